The molecule has 0 unspecified atom stereocenters. The van der Waals surface area contributed by atoms with Crippen LogP contribution >= 0.6 is 22.6 Å². The van der Waals surface area contributed by atoms with Gasteiger partial charge in [-0.05, 0) is 69.3 Å². The first-order valence-electron chi connectivity index (χ1n) is 7.47. The number of fused-ring (bicyclic) bond motifs is 1. The maximum Gasteiger partial charge on any atom is 0.363 e. The summed E-state index contributed by atoms with van der Waals surface area (Å²) in [5, 5.41) is 2.21. The number of benzene rings is 3. The third-order valence-corrected chi connectivity index (χ3v) is 4.55. The predicted molar refractivity (Wildman–Crippen MR) is 104 cm³/mol. The number of hydrogen-bond acceptors (Lipinski definition) is 3. The van der Waals surface area contributed by atoms with Gasteiger partial charge in [0.05, 0.1) is 0 Å². The van der Waals surface area contributed by atoms with Gasteiger partial charge in [-0.25, -0.2) is 9.79 Å². The second-order valence-electron chi connectivity index (χ2n) is 5.41. The first kappa shape index (κ1) is 15.1. The van der Waals surface area contributed by atoms with Gasteiger partial charge in [-0.3, -0.25) is 0 Å². The maximum absolute atomic E-state index is 12.2. The zero-order valence-corrected chi connectivity index (χ0v) is 14.7. The van der Waals surface area contributed by atoms with Crippen molar-refractivity contribution in [2.75, 3.05) is 0 Å². The minimum atomic E-state index is -0.420. The zero-order valence-electron chi connectivity index (χ0n) is 12.6. The quantitative estimate of drug-likeness (QED) is 0.337. The Balaban J connectivity index is 1.76. The van der Waals surface area contributed by atoms with Crippen molar-refractivity contribution in [3.8, 4) is 0 Å². The molecular formula is C20H12INO2. The summed E-state index contributed by atoms with van der Waals surface area (Å²) in [5.41, 5.74) is 2.07. The Labute approximate surface area is 152 Å². The number of cyclic esters (lactones) is 1. The summed E-state index contributed by atoms with van der Waals surface area (Å²) in [6.07, 6.45) is 1.78. The molecule has 24 heavy (non-hydrogen) atoms. The molecule has 1 heterocycles. The van der Waals surface area contributed by atoms with Gasteiger partial charge in [-0.2, -0.15) is 0 Å². The molecule has 0 saturated heterocycles. The summed E-state index contributed by atoms with van der Waals surface area (Å²) in [7, 11) is 0. The van der Waals surface area contributed by atoms with Gasteiger partial charge < -0.3 is 4.74 Å². The van der Waals surface area contributed by atoms with E-state index >= 15 is 0 Å². The molecule has 0 radical (unpaired) electrons. The molecule has 3 aromatic carbocycles. The molecule has 3 aromatic rings. The van der Waals surface area contributed by atoms with Crippen LogP contribution in [0.2, 0.25) is 0 Å². The topological polar surface area (TPSA) is 38.7 Å². The number of nitrogens with zero attached hydrogens (tertiary/aromatic N) is 1. The average molecular weight is 425 g/mol. The lowest BCUT2D eigenvalue weighted by molar-refractivity contribution is -0.129. The number of ether oxygens (including phenoxy) is 1. The molecule has 3 nitrogen and oxygen atoms in total. The molecule has 1 aliphatic heterocycles. The first-order chi connectivity index (χ1) is 11.7. The van der Waals surface area contributed by atoms with Crippen LogP contribution in [-0.2, 0) is 9.53 Å². The molecule has 116 valence electrons. The normalized spacial score (nSPS) is 15.6. The van der Waals surface area contributed by atoms with Gasteiger partial charge in [-0.1, -0.05) is 42.5 Å². The van der Waals surface area contributed by atoms with Crippen molar-refractivity contribution < 1.29 is 9.53 Å². The number of halogens is 1. The molecule has 0 amide bonds. The van der Waals surface area contributed by atoms with E-state index in [9.17, 15) is 4.79 Å². The zero-order chi connectivity index (χ0) is 16.5. The summed E-state index contributed by atoms with van der Waals surface area (Å²) >= 11 is 2.23. The Hall–Kier alpha value is -2.47. The van der Waals surface area contributed by atoms with Crippen molar-refractivity contribution in [1.29, 1.82) is 0 Å². The van der Waals surface area contributed by atoms with Gasteiger partial charge in [0.1, 0.15) is 0 Å². The van der Waals surface area contributed by atoms with Gasteiger partial charge >= 0.3 is 5.97 Å². The summed E-state index contributed by atoms with van der Waals surface area (Å²) in [5.74, 6) is -0.0700. The largest absolute Gasteiger partial charge is 0.402 e. The first-order valence-corrected chi connectivity index (χ1v) is 8.55. The number of carbonyl (C=O) groups is 1. The Morgan fingerprint density at radius 1 is 0.917 bits per heavy atom. The average Bonchev–Trinajstić information content (AvgIpc) is 2.97. The monoisotopic (exact) mass is 425 g/mol. The van der Waals surface area contributed by atoms with Crippen molar-refractivity contribution in [1.82, 2.24) is 0 Å². The molecule has 4 heteroatoms. The standard InChI is InChI=1S/C20H12INO2/c21-16-10-8-14(9-11-16)19-22-18(20(23)24-19)12-15-6-3-5-13-4-1-2-7-17(13)15/h1-12H/b18-12-. The van der Waals surface area contributed by atoms with Gasteiger partial charge in [0.2, 0.25) is 5.90 Å². The highest BCUT2D eigenvalue weighted by Gasteiger charge is 2.24. The van der Waals surface area contributed by atoms with Crippen LogP contribution in [0, 0.1) is 3.57 Å². The minimum Gasteiger partial charge on any atom is -0.402 e. The fourth-order valence-corrected chi connectivity index (χ4v) is 3.01. The molecule has 1 aliphatic rings. The van der Waals surface area contributed by atoms with E-state index in [0.717, 1.165) is 25.5 Å². The summed E-state index contributed by atoms with van der Waals surface area (Å²) < 4.78 is 6.44. The van der Waals surface area contributed by atoms with Gasteiger partial charge in [0.25, 0.3) is 0 Å². The van der Waals surface area contributed by atoms with Gasteiger partial charge in [-0.15, -0.1) is 0 Å². The molecule has 0 fully saturated rings. The summed E-state index contributed by atoms with van der Waals surface area (Å²) in [6.45, 7) is 0. The van der Waals surface area contributed by atoms with Crippen molar-refractivity contribution >= 4 is 51.3 Å². The van der Waals surface area contributed by atoms with E-state index in [1.54, 1.807) is 6.08 Å². The van der Waals surface area contributed by atoms with Crippen molar-refractivity contribution in [2.45, 2.75) is 0 Å². The van der Waals surface area contributed by atoms with Gasteiger partial charge in [0.15, 0.2) is 5.70 Å². The molecule has 0 saturated carbocycles. The molecule has 0 bridgehead atoms. The van der Waals surface area contributed by atoms with Crippen LogP contribution in [0.25, 0.3) is 16.8 Å². The van der Waals surface area contributed by atoms with Crippen LogP contribution in [0.3, 0.4) is 0 Å². The third kappa shape index (κ3) is 2.85. The highest BCUT2D eigenvalue weighted by molar-refractivity contribution is 14.1. The van der Waals surface area contributed by atoms with Crippen LogP contribution in [0.4, 0.5) is 0 Å². The Bertz CT molecular complexity index is 998. The predicted octanol–water partition coefficient (Wildman–Crippen LogP) is 4.79. The van der Waals surface area contributed by atoms with Crippen molar-refractivity contribution in [3.05, 3.63) is 87.1 Å². The molecule has 0 N–H and O–H groups in total. The number of esters is 1. The Kier molecular flexibility index (Phi) is 3.90. The summed E-state index contributed by atoms with van der Waals surface area (Å²) in [4.78, 5) is 16.5. The summed E-state index contributed by atoms with van der Waals surface area (Å²) in [6, 6.07) is 21.8. The number of rotatable bonds is 2. The molecule has 0 aliphatic carbocycles. The van der Waals surface area contributed by atoms with E-state index in [4.69, 9.17) is 4.74 Å². The smallest absolute Gasteiger partial charge is 0.363 e. The molecule has 0 atom stereocenters. The fourth-order valence-electron chi connectivity index (χ4n) is 2.65. The van der Waals surface area contributed by atoms with Gasteiger partial charge in [0, 0.05) is 9.13 Å². The maximum atomic E-state index is 12.2. The third-order valence-electron chi connectivity index (χ3n) is 3.83. The lowest BCUT2D eigenvalue weighted by Gasteiger charge is -2.01. The highest BCUT2D eigenvalue weighted by Crippen LogP contribution is 2.24. The molecule has 4 rings (SSSR count). The lowest BCUT2D eigenvalue weighted by Crippen LogP contribution is -2.05. The van der Waals surface area contributed by atoms with E-state index in [1.807, 2.05) is 66.7 Å². The Morgan fingerprint density at radius 3 is 2.50 bits per heavy atom. The van der Waals surface area contributed by atoms with Crippen molar-refractivity contribution in [2.24, 2.45) is 4.99 Å². The number of hydrogen-bond donors (Lipinski definition) is 0. The lowest BCUT2D eigenvalue weighted by atomic mass is 10.0. The minimum absolute atomic E-state index is 0.319. The van der Waals surface area contributed by atoms with E-state index in [0.29, 0.717) is 11.6 Å². The Morgan fingerprint density at radius 2 is 1.67 bits per heavy atom. The second kappa shape index (κ2) is 6.20. The fraction of sp³-hybridized carbons (Fsp3) is 0. The van der Waals surface area contributed by atoms with E-state index in [-0.39, 0.29) is 0 Å². The highest BCUT2D eigenvalue weighted by atomic mass is 127. The molecular weight excluding hydrogens is 413 g/mol. The van der Waals surface area contributed by atoms with E-state index < -0.39 is 5.97 Å². The van der Waals surface area contributed by atoms with Crippen LogP contribution in [0.1, 0.15) is 11.1 Å². The van der Waals surface area contributed by atoms with Crippen LogP contribution in [0.15, 0.2) is 77.4 Å². The number of carbonyl (C=O) groups excluding carboxylic acids is 1. The number of aliphatic imine (C=N–C) groups is 1. The molecule has 0 spiro atoms. The molecule has 0 aromatic heterocycles. The van der Waals surface area contributed by atoms with Crippen LogP contribution in [0.5, 0.6) is 0 Å². The van der Waals surface area contributed by atoms with Crippen LogP contribution in [-0.4, -0.2) is 11.9 Å². The SMILES string of the molecule is O=C1OC(c2ccc(I)cc2)=N/C1=C\c1cccc2ccccc12. The second-order valence-corrected chi connectivity index (χ2v) is 6.66. The van der Waals surface area contributed by atoms with E-state index in [1.165, 1.54) is 0 Å². The van der Waals surface area contributed by atoms with E-state index in [2.05, 4.69) is 27.6 Å². The van der Waals surface area contributed by atoms with Crippen LogP contribution < -0.4 is 0 Å². The van der Waals surface area contributed by atoms with Crippen molar-refractivity contribution in [3.63, 3.8) is 0 Å².